The molecule has 0 spiro atoms. The summed E-state index contributed by atoms with van der Waals surface area (Å²) in [6.45, 7) is 1.42. The Morgan fingerprint density at radius 2 is 1.83 bits per heavy atom. The molecule has 0 saturated carbocycles. The number of ether oxygens (including phenoxy) is 1. The summed E-state index contributed by atoms with van der Waals surface area (Å²) in [6, 6.07) is 3.99. The van der Waals surface area contributed by atoms with Gasteiger partial charge in [0.25, 0.3) is 0 Å². The SMILES string of the molecule is CC(Nc1ccc(OC(F)(F)F)cc1)C(=O)O.Cl. The molecule has 1 aromatic carbocycles. The normalized spacial score (nSPS) is 12.2. The van der Waals surface area contributed by atoms with Gasteiger partial charge in [-0.05, 0) is 31.2 Å². The van der Waals surface area contributed by atoms with Crippen LogP contribution in [0.2, 0.25) is 0 Å². The lowest BCUT2D eigenvalue weighted by molar-refractivity contribution is -0.274. The first-order valence-corrected chi connectivity index (χ1v) is 4.63. The van der Waals surface area contributed by atoms with E-state index >= 15 is 0 Å². The van der Waals surface area contributed by atoms with Crippen molar-refractivity contribution in [3.05, 3.63) is 24.3 Å². The molecule has 0 fully saturated rings. The first-order valence-electron chi connectivity index (χ1n) is 4.63. The zero-order chi connectivity index (χ0) is 13.1. The van der Waals surface area contributed by atoms with Crippen LogP contribution in [0.25, 0.3) is 0 Å². The number of nitrogens with one attached hydrogen (secondary N) is 1. The van der Waals surface area contributed by atoms with E-state index in [1.165, 1.54) is 19.1 Å². The number of carboxylic acid groups (broad SMARTS) is 1. The monoisotopic (exact) mass is 285 g/mol. The molecule has 1 atom stereocenters. The largest absolute Gasteiger partial charge is 0.573 e. The van der Waals surface area contributed by atoms with Gasteiger partial charge in [-0.25, -0.2) is 0 Å². The summed E-state index contributed by atoms with van der Waals surface area (Å²) in [5.41, 5.74) is 0.398. The lowest BCUT2D eigenvalue weighted by atomic mass is 10.2. The van der Waals surface area contributed by atoms with E-state index in [1.807, 2.05) is 0 Å². The van der Waals surface area contributed by atoms with E-state index in [0.29, 0.717) is 5.69 Å². The van der Waals surface area contributed by atoms with E-state index in [2.05, 4.69) is 10.1 Å². The van der Waals surface area contributed by atoms with Crippen molar-refractivity contribution >= 4 is 24.1 Å². The standard InChI is InChI=1S/C10H10F3NO3.ClH/c1-6(9(15)16)14-7-2-4-8(5-3-7)17-10(11,12)13;/h2-6,14H,1H3,(H,15,16);1H. The van der Waals surface area contributed by atoms with E-state index in [0.717, 1.165) is 12.1 Å². The first kappa shape index (κ1) is 16.4. The van der Waals surface area contributed by atoms with Crippen molar-refractivity contribution in [1.29, 1.82) is 0 Å². The molecule has 1 unspecified atom stereocenters. The number of benzene rings is 1. The highest BCUT2D eigenvalue weighted by Gasteiger charge is 2.30. The molecule has 1 rings (SSSR count). The first-order chi connectivity index (χ1) is 7.78. The fourth-order valence-corrected chi connectivity index (χ4v) is 1.06. The summed E-state index contributed by atoms with van der Waals surface area (Å²) in [5, 5.41) is 11.2. The van der Waals surface area contributed by atoms with Crippen LogP contribution < -0.4 is 10.1 Å². The summed E-state index contributed by atoms with van der Waals surface area (Å²) in [5.74, 6) is -1.41. The van der Waals surface area contributed by atoms with Crippen LogP contribution in [0.3, 0.4) is 0 Å². The minimum atomic E-state index is -4.73. The zero-order valence-corrected chi connectivity index (χ0v) is 10.0. The predicted molar refractivity (Wildman–Crippen MR) is 61.1 cm³/mol. The van der Waals surface area contributed by atoms with Crippen LogP contribution in [0.1, 0.15) is 6.92 Å². The van der Waals surface area contributed by atoms with Crippen molar-refractivity contribution in [3.8, 4) is 5.75 Å². The Hall–Kier alpha value is -1.63. The van der Waals surface area contributed by atoms with E-state index in [-0.39, 0.29) is 18.2 Å². The maximum atomic E-state index is 11.8. The molecule has 0 aromatic heterocycles. The van der Waals surface area contributed by atoms with Gasteiger partial charge in [0.2, 0.25) is 0 Å². The Morgan fingerprint density at radius 1 is 1.33 bits per heavy atom. The predicted octanol–water partition coefficient (Wildman–Crippen LogP) is 2.89. The number of carboxylic acids is 1. The minimum absolute atomic E-state index is 0. The van der Waals surface area contributed by atoms with Gasteiger partial charge >= 0.3 is 12.3 Å². The molecule has 8 heteroatoms. The number of hydrogen-bond acceptors (Lipinski definition) is 3. The van der Waals surface area contributed by atoms with E-state index in [1.54, 1.807) is 0 Å². The van der Waals surface area contributed by atoms with Crippen LogP contribution in [0.5, 0.6) is 5.75 Å². The quantitative estimate of drug-likeness (QED) is 0.893. The van der Waals surface area contributed by atoms with Gasteiger partial charge in [0.15, 0.2) is 0 Å². The molecular weight excluding hydrogens is 275 g/mol. The molecule has 0 heterocycles. The highest BCUT2D eigenvalue weighted by molar-refractivity contribution is 5.85. The summed E-state index contributed by atoms with van der Waals surface area (Å²) >= 11 is 0. The van der Waals surface area contributed by atoms with Crippen molar-refractivity contribution in [2.45, 2.75) is 19.3 Å². The van der Waals surface area contributed by atoms with Gasteiger partial charge in [-0.2, -0.15) is 0 Å². The fourth-order valence-electron chi connectivity index (χ4n) is 1.06. The molecule has 0 radical (unpaired) electrons. The average Bonchev–Trinajstić information content (AvgIpc) is 2.18. The molecule has 0 aliphatic carbocycles. The molecule has 0 amide bonds. The van der Waals surface area contributed by atoms with Gasteiger partial charge in [-0.1, -0.05) is 0 Å². The van der Waals surface area contributed by atoms with Crippen molar-refractivity contribution in [2.75, 3.05) is 5.32 Å². The van der Waals surface area contributed by atoms with Crippen molar-refractivity contribution < 1.29 is 27.8 Å². The number of anilines is 1. The van der Waals surface area contributed by atoms with Gasteiger partial charge in [-0.3, -0.25) is 4.79 Å². The Balaban J connectivity index is 0.00000289. The zero-order valence-electron chi connectivity index (χ0n) is 9.19. The smallest absolute Gasteiger partial charge is 0.480 e. The Bertz CT molecular complexity index is 394. The summed E-state index contributed by atoms with van der Waals surface area (Å²) in [4.78, 5) is 10.5. The molecule has 1 aromatic rings. The van der Waals surface area contributed by atoms with Crippen LogP contribution in [0.4, 0.5) is 18.9 Å². The topological polar surface area (TPSA) is 58.6 Å². The average molecular weight is 286 g/mol. The molecule has 102 valence electrons. The second kappa shape index (κ2) is 6.34. The third-order valence-electron chi connectivity index (χ3n) is 1.84. The maximum Gasteiger partial charge on any atom is 0.573 e. The van der Waals surface area contributed by atoms with Crippen LogP contribution >= 0.6 is 12.4 Å². The minimum Gasteiger partial charge on any atom is -0.480 e. The van der Waals surface area contributed by atoms with Crippen molar-refractivity contribution in [1.82, 2.24) is 0 Å². The number of rotatable bonds is 4. The van der Waals surface area contributed by atoms with Crippen LogP contribution in [0, 0.1) is 0 Å². The van der Waals surface area contributed by atoms with Gasteiger partial charge < -0.3 is 15.2 Å². The summed E-state index contributed by atoms with van der Waals surface area (Å²) in [7, 11) is 0. The van der Waals surface area contributed by atoms with Crippen molar-refractivity contribution in [2.24, 2.45) is 0 Å². The number of halogens is 4. The molecule has 0 aliphatic heterocycles. The van der Waals surface area contributed by atoms with Crippen LogP contribution in [-0.2, 0) is 4.79 Å². The third kappa shape index (κ3) is 5.62. The number of hydrogen-bond donors (Lipinski definition) is 2. The number of aliphatic carboxylic acids is 1. The molecule has 2 N–H and O–H groups in total. The van der Waals surface area contributed by atoms with Crippen molar-refractivity contribution in [3.63, 3.8) is 0 Å². The molecule has 0 saturated heterocycles. The molecule has 4 nitrogen and oxygen atoms in total. The summed E-state index contributed by atoms with van der Waals surface area (Å²) in [6.07, 6.45) is -4.73. The van der Waals surface area contributed by atoms with E-state index in [4.69, 9.17) is 5.11 Å². The highest BCUT2D eigenvalue weighted by Crippen LogP contribution is 2.24. The van der Waals surface area contributed by atoms with Crippen LogP contribution in [0.15, 0.2) is 24.3 Å². The second-order valence-corrected chi connectivity index (χ2v) is 3.28. The number of alkyl halides is 3. The maximum absolute atomic E-state index is 11.8. The van der Waals surface area contributed by atoms with Gasteiger partial charge in [0, 0.05) is 5.69 Å². The Kier molecular flexibility index (Phi) is 5.77. The second-order valence-electron chi connectivity index (χ2n) is 3.28. The fraction of sp³-hybridized carbons (Fsp3) is 0.300. The number of carbonyl (C=O) groups is 1. The van der Waals surface area contributed by atoms with Gasteiger partial charge in [0.1, 0.15) is 11.8 Å². The van der Waals surface area contributed by atoms with Crippen LogP contribution in [-0.4, -0.2) is 23.5 Å². The van der Waals surface area contributed by atoms with E-state index in [9.17, 15) is 18.0 Å². The molecule has 0 aliphatic rings. The van der Waals surface area contributed by atoms with E-state index < -0.39 is 18.4 Å². The summed E-state index contributed by atoms with van der Waals surface area (Å²) < 4.78 is 39.2. The molecular formula is C10H11ClF3NO3. The Labute approximate surface area is 107 Å². The molecule has 18 heavy (non-hydrogen) atoms. The van der Waals surface area contributed by atoms with Gasteiger partial charge in [0.05, 0.1) is 0 Å². The highest BCUT2D eigenvalue weighted by atomic mass is 35.5. The lowest BCUT2D eigenvalue weighted by Gasteiger charge is -2.12. The Morgan fingerprint density at radius 3 is 2.22 bits per heavy atom. The lowest BCUT2D eigenvalue weighted by Crippen LogP contribution is -2.25. The van der Waals surface area contributed by atoms with Gasteiger partial charge in [-0.15, -0.1) is 25.6 Å². The molecule has 0 bridgehead atoms. The third-order valence-corrected chi connectivity index (χ3v) is 1.84.